The summed E-state index contributed by atoms with van der Waals surface area (Å²) in [5, 5.41) is 0. The minimum Gasteiger partial charge on any atom is -0.493 e. The number of methoxy groups -OCH3 is 2. The molecule has 17 heavy (non-hydrogen) atoms. The number of carbonyl (C=O) groups excluding carboxylic acids is 1. The molecule has 0 aliphatic heterocycles. The van der Waals surface area contributed by atoms with E-state index in [1.807, 2.05) is 24.8 Å². The lowest BCUT2D eigenvalue weighted by Gasteiger charge is -2.27. The van der Waals surface area contributed by atoms with E-state index in [1.165, 1.54) is 7.11 Å². The lowest BCUT2D eigenvalue weighted by molar-refractivity contribution is -0.139. The Kier molecular flexibility index (Phi) is 4.75. The van der Waals surface area contributed by atoms with Crippen LogP contribution in [0.5, 0.6) is 5.75 Å². The smallest absolute Gasteiger partial charge is 0.325 e. The standard InChI is InChI=1S/C12H18N2O3/c1-9(2)14(8-11(15)17-4)12-10(16-3)6-5-7-13-12/h5-7,9H,8H2,1-4H3. The van der Waals surface area contributed by atoms with Crippen molar-refractivity contribution in [1.82, 2.24) is 4.98 Å². The van der Waals surface area contributed by atoms with Crippen LogP contribution in [0.4, 0.5) is 5.82 Å². The van der Waals surface area contributed by atoms with E-state index in [1.54, 1.807) is 19.4 Å². The first kappa shape index (κ1) is 13.3. The highest BCUT2D eigenvalue weighted by Crippen LogP contribution is 2.26. The first-order chi connectivity index (χ1) is 8.10. The van der Waals surface area contributed by atoms with Gasteiger partial charge in [0.15, 0.2) is 11.6 Å². The predicted octanol–water partition coefficient (Wildman–Crippen LogP) is 1.48. The highest BCUT2D eigenvalue weighted by atomic mass is 16.5. The molecule has 0 saturated heterocycles. The minimum atomic E-state index is -0.300. The number of ether oxygens (including phenoxy) is 2. The van der Waals surface area contributed by atoms with E-state index in [0.717, 1.165) is 0 Å². The van der Waals surface area contributed by atoms with Crippen molar-refractivity contribution in [1.29, 1.82) is 0 Å². The molecule has 0 radical (unpaired) electrons. The average molecular weight is 238 g/mol. The maximum Gasteiger partial charge on any atom is 0.325 e. The Morgan fingerprint density at radius 3 is 2.71 bits per heavy atom. The van der Waals surface area contributed by atoms with E-state index in [0.29, 0.717) is 11.6 Å². The van der Waals surface area contributed by atoms with Crippen LogP contribution in [0, 0.1) is 0 Å². The number of hydrogen-bond donors (Lipinski definition) is 0. The van der Waals surface area contributed by atoms with E-state index in [4.69, 9.17) is 4.74 Å². The summed E-state index contributed by atoms with van der Waals surface area (Å²) in [4.78, 5) is 17.5. The van der Waals surface area contributed by atoms with Crippen molar-refractivity contribution in [3.05, 3.63) is 18.3 Å². The van der Waals surface area contributed by atoms with Gasteiger partial charge in [0.1, 0.15) is 6.54 Å². The molecule has 0 aromatic carbocycles. The maximum atomic E-state index is 11.4. The highest BCUT2D eigenvalue weighted by Gasteiger charge is 2.19. The Morgan fingerprint density at radius 2 is 2.18 bits per heavy atom. The van der Waals surface area contributed by atoms with Crippen LogP contribution in [-0.4, -0.2) is 37.8 Å². The zero-order valence-electron chi connectivity index (χ0n) is 10.6. The van der Waals surface area contributed by atoms with Gasteiger partial charge < -0.3 is 14.4 Å². The van der Waals surface area contributed by atoms with Crippen LogP contribution in [0.15, 0.2) is 18.3 Å². The highest BCUT2D eigenvalue weighted by molar-refractivity contribution is 5.76. The van der Waals surface area contributed by atoms with Gasteiger partial charge in [0.25, 0.3) is 0 Å². The van der Waals surface area contributed by atoms with Gasteiger partial charge in [0, 0.05) is 12.2 Å². The molecule has 94 valence electrons. The molecule has 0 aliphatic rings. The van der Waals surface area contributed by atoms with Crippen LogP contribution < -0.4 is 9.64 Å². The molecule has 1 aromatic rings. The Labute approximate surface area is 101 Å². The van der Waals surface area contributed by atoms with Crippen molar-refractivity contribution in [3.8, 4) is 5.75 Å². The third-order valence-electron chi connectivity index (χ3n) is 2.39. The van der Waals surface area contributed by atoms with Crippen molar-refractivity contribution in [2.24, 2.45) is 0 Å². The summed E-state index contributed by atoms with van der Waals surface area (Å²) in [5.41, 5.74) is 0. The summed E-state index contributed by atoms with van der Waals surface area (Å²) in [7, 11) is 2.95. The fourth-order valence-corrected chi connectivity index (χ4v) is 1.46. The monoisotopic (exact) mass is 238 g/mol. The van der Waals surface area contributed by atoms with E-state index < -0.39 is 0 Å². The molecule has 1 rings (SSSR count). The first-order valence-electron chi connectivity index (χ1n) is 5.42. The number of anilines is 1. The minimum absolute atomic E-state index is 0.123. The summed E-state index contributed by atoms with van der Waals surface area (Å²) in [5.74, 6) is 0.993. The maximum absolute atomic E-state index is 11.4. The molecule has 0 unspecified atom stereocenters. The Morgan fingerprint density at radius 1 is 1.47 bits per heavy atom. The number of rotatable bonds is 5. The molecule has 0 aliphatic carbocycles. The molecule has 1 heterocycles. The third-order valence-corrected chi connectivity index (χ3v) is 2.39. The van der Waals surface area contributed by atoms with Crippen molar-refractivity contribution < 1.29 is 14.3 Å². The summed E-state index contributed by atoms with van der Waals surface area (Å²) < 4.78 is 9.91. The number of aromatic nitrogens is 1. The molecule has 5 nitrogen and oxygen atoms in total. The zero-order chi connectivity index (χ0) is 12.8. The van der Waals surface area contributed by atoms with E-state index in [9.17, 15) is 4.79 Å². The number of nitrogens with zero attached hydrogens (tertiary/aromatic N) is 2. The summed E-state index contributed by atoms with van der Waals surface area (Å²) in [6.45, 7) is 4.12. The van der Waals surface area contributed by atoms with Crippen molar-refractivity contribution in [2.45, 2.75) is 19.9 Å². The van der Waals surface area contributed by atoms with Crippen LogP contribution >= 0.6 is 0 Å². The quantitative estimate of drug-likeness (QED) is 0.727. The lowest BCUT2D eigenvalue weighted by Crippen LogP contribution is -2.37. The lowest BCUT2D eigenvalue weighted by atomic mass is 10.3. The first-order valence-corrected chi connectivity index (χ1v) is 5.42. The van der Waals surface area contributed by atoms with Crippen LogP contribution in [0.1, 0.15) is 13.8 Å². The van der Waals surface area contributed by atoms with Gasteiger partial charge in [0.2, 0.25) is 0 Å². The van der Waals surface area contributed by atoms with Gasteiger partial charge in [-0.2, -0.15) is 0 Å². The number of hydrogen-bond acceptors (Lipinski definition) is 5. The Hall–Kier alpha value is -1.78. The molecular weight excluding hydrogens is 220 g/mol. The summed E-state index contributed by atoms with van der Waals surface area (Å²) in [6, 6.07) is 3.73. The summed E-state index contributed by atoms with van der Waals surface area (Å²) in [6.07, 6.45) is 1.67. The molecule has 0 amide bonds. The Balaban J connectivity index is 3.01. The molecule has 0 saturated carbocycles. The van der Waals surface area contributed by atoms with Gasteiger partial charge in [-0.1, -0.05) is 0 Å². The SMILES string of the molecule is COC(=O)CN(c1ncccc1OC)C(C)C. The molecule has 1 aromatic heterocycles. The van der Waals surface area contributed by atoms with Gasteiger partial charge in [0.05, 0.1) is 14.2 Å². The predicted molar refractivity (Wildman–Crippen MR) is 65.3 cm³/mol. The normalized spacial score (nSPS) is 10.2. The van der Waals surface area contributed by atoms with Crippen molar-refractivity contribution in [3.63, 3.8) is 0 Å². The fraction of sp³-hybridized carbons (Fsp3) is 0.500. The van der Waals surface area contributed by atoms with Gasteiger partial charge in [-0.15, -0.1) is 0 Å². The second-order valence-electron chi connectivity index (χ2n) is 3.83. The fourth-order valence-electron chi connectivity index (χ4n) is 1.46. The number of carbonyl (C=O) groups is 1. The van der Waals surface area contributed by atoms with Crippen LogP contribution in [0.3, 0.4) is 0 Å². The van der Waals surface area contributed by atoms with Crippen LogP contribution in [0.25, 0.3) is 0 Å². The van der Waals surface area contributed by atoms with Crippen LogP contribution in [0.2, 0.25) is 0 Å². The molecule has 0 fully saturated rings. The second kappa shape index (κ2) is 6.08. The van der Waals surface area contributed by atoms with Crippen molar-refractivity contribution >= 4 is 11.8 Å². The van der Waals surface area contributed by atoms with Gasteiger partial charge in [-0.3, -0.25) is 4.79 Å². The van der Waals surface area contributed by atoms with Crippen molar-refractivity contribution in [2.75, 3.05) is 25.7 Å². The van der Waals surface area contributed by atoms with E-state index in [-0.39, 0.29) is 18.6 Å². The molecule has 0 bridgehead atoms. The van der Waals surface area contributed by atoms with Gasteiger partial charge in [-0.05, 0) is 26.0 Å². The topological polar surface area (TPSA) is 51.7 Å². The molecular formula is C12H18N2O3. The molecule has 0 spiro atoms. The molecule has 0 N–H and O–H groups in total. The number of pyridine rings is 1. The largest absolute Gasteiger partial charge is 0.493 e. The zero-order valence-corrected chi connectivity index (χ0v) is 10.6. The second-order valence-corrected chi connectivity index (χ2v) is 3.83. The molecule has 5 heteroatoms. The third kappa shape index (κ3) is 3.34. The molecule has 0 atom stereocenters. The number of esters is 1. The van der Waals surface area contributed by atoms with Crippen LogP contribution in [-0.2, 0) is 9.53 Å². The van der Waals surface area contributed by atoms with Gasteiger partial charge >= 0.3 is 5.97 Å². The average Bonchev–Trinajstić information content (AvgIpc) is 2.35. The summed E-state index contributed by atoms with van der Waals surface area (Å²) >= 11 is 0. The van der Waals surface area contributed by atoms with E-state index >= 15 is 0 Å². The van der Waals surface area contributed by atoms with Gasteiger partial charge in [-0.25, -0.2) is 4.98 Å². The van der Waals surface area contributed by atoms with E-state index in [2.05, 4.69) is 9.72 Å². The Bertz CT molecular complexity index is 380.